The summed E-state index contributed by atoms with van der Waals surface area (Å²) in [7, 11) is 0. The van der Waals surface area contributed by atoms with Gasteiger partial charge in [0.25, 0.3) is 0 Å². The Morgan fingerprint density at radius 3 is 2.19 bits per heavy atom. The minimum Gasteiger partial charge on any atom is -0.307 e. The summed E-state index contributed by atoms with van der Waals surface area (Å²) in [6.07, 6.45) is 1.01. The minimum atomic E-state index is 0.143. The monoisotopic (exact) mass is 356 g/mol. The number of carbonyl (C=O) groups is 1. The molecule has 136 valence electrons. The van der Waals surface area contributed by atoms with Crippen LogP contribution in [0.25, 0.3) is 0 Å². The molecule has 0 atom stereocenters. The van der Waals surface area contributed by atoms with E-state index in [-0.39, 0.29) is 5.91 Å². The van der Waals surface area contributed by atoms with Crippen LogP contribution in [0.4, 0.5) is 5.69 Å². The van der Waals surface area contributed by atoms with E-state index in [0.717, 1.165) is 30.8 Å². The molecule has 1 amide bonds. The number of para-hydroxylation sites is 1. The van der Waals surface area contributed by atoms with Crippen molar-refractivity contribution in [2.24, 2.45) is 0 Å². The van der Waals surface area contributed by atoms with Gasteiger partial charge < -0.3 is 4.90 Å². The average Bonchev–Trinajstić information content (AvgIpc) is 2.73. The summed E-state index contributed by atoms with van der Waals surface area (Å²) in [6.45, 7) is 2.80. The predicted octanol–water partition coefficient (Wildman–Crippen LogP) is 4.28. The highest BCUT2D eigenvalue weighted by Gasteiger charge is 2.22. The molecule has 3 heteroatoms. The summed E-state index contributed by atoms with van der Waals surface area (Å²) >= 11 is 0. The maximum Gasteiger partial charge on any atom is 0.241 e. The van der Waals surface area contributed by atoms with Crippen LogP contribution in [0.15, 0.2) is 84.9 Å². The molecule has 3 aromatic rings. The zero-order valence-corrected chi connectivity index (χ0v) is 15.4. The number of fused-ring (bicyclic) bond motifs is 1. The largest absolute Gasteiger partial charge is 0.307 e. The highest BCUT2D eigenvalue weighted by Crippen LogP contribution is 2.21. The molecule has 0 aromatic heterocycles. The van der Waals surface area contributed by atoms with E-state index in [0.29, 0.717) is 13.1 Å². The van der Waals surface area contributed by atoms with Gasteiger partial charge in [-0.3, -0.25) is 9.69 Å². The number of amides is 1. The number of nitrogens with zero attached hydrogens (tertiary/aromatic N) is 2. The first-order valence-corrected chi connectivity index (χ1v) is 9.48. The Morgan fingerprint density at radius 1 is 0.815 bits per heavy atom. The van der Waals surface area contributed by atoms with Crippen LogP contribution in [0.2, 0.25) is 0 Å². The third kappa shape index (κ3) is 4.26. The highest BCUT2D eigenvalue weighted by atomic mass is 16.2. The van der Waals surface area contributed by atoms with Crippen LogP contribution in [0, 0.1) is 0 Å². The Balaban J connectivity index is 1.51. The maximum atomic E-state index is 13.2. The molecule has 0 bridgehead atoms. The Bertz CT molecular complexity index is 893. The van der Waals surface area contributed by atoms with Crippen molar-refractivity contribution in [3.63, 3.8) is 0 Å². The van der Waals surface area contributed by atoms with E-state index in [1.165, 1.54) is 11.1 Å². The molecule has 0 fully saturated rings. The molecule has 3 nitrogen and oxygen atoms in total. The molecule has 1 aliphatic heterocycles. The van der Waals surface area contributed by atoms with E-state index >= 15 is 0 Å². The van der Waals surface area contributed by atoms with Crippen LogP contribution in [-0.4, -0.2) is 23.9 Å². The van der Waals surface area contributed by atoms with Gasteiger partial charge in [0.2, 0.25) is 5.91 Å². The number of hydrogen-bond acceptors (Lipinski definition) is 2. The molecule has 4 rings (SSSR count). The SMILES string of the molecule is O=C(CN1CCc2ccccc2C1)N(Cc1ccccc1)c1ccccc1. The molecule has 0 radical (unpaired) electrons. The van der Waals surface area contributed by atoms with Crippen molar-refractivity contribution >= 4 is 11.6 Å². The lowest BCUT2D eigenvalue weighted by Crippen LogP contribution is -2.42. The standard InChI is InChI=1S/C24H24N2O/c27-24(19-25-16-15-21-11-7-8-12-22(21)18-25)26(23-13-5-2-6-14-23)17-20-9-3-1-4-10-20/h1-14H,15-19H2. The fourth-order valence-electron chi connectivity index (χ4n) is 3.66. The Labute approximate surface area is 160 Å². The third-order valence-corrected chi connectivity index (χ3v) is 5.12. The van der Waals surface area contributed by atoms with Crippen LogP contribution >= 0.6 is 0 Å². The van der Waals surface area contributed by atoms with Gasteiger partial charge in [0.05, 0.1) is 13.1 Å². The summed E-state index contributed by atoms with van der Waals surface area (Å²) in [4.78, 5) is 17.4. The topological polar surface area (TPSA) is 23.6 Å². The van der Waals surface area contributed by atoms with E-state index < -0.39 is 0 Å². The number of anilines is 1. The molecule has 27 heavy (non-hydrogen) atoms. The lowest BCUT2D eigenvalue weighted by molar-refractivity contribution is -0.120. The first-order chi connectivity index (χ1) is 13.3. The summed E-state index contributed by atoms with van der Waals surface area (Å²) in [5, 5.41) is 0. The van der Waals surface area contributed by atoms with Crippen molar-refractivity contribution in [3.05, 3.63) is 102 Å². The fourth-order valence-corrected chi connectivity index (χ4v) is 3.66. The molecule has 0 N–H and O–H groups in total. The van der Waals surface area contributed by atoms with Crippen molar-refractivity contribution in [3.8, 4) is 0 Å². The van der Waals surface area contributed by atoms with E-state index in [1.807, 2.05) is 53.4 Å². The van der Waals surface area contributed by atoms with Crippen molar-refractivity contribution in [1.82, 2.24) is 4.90 Å². The summed E-state index contributed by atoms with van der Waals surface area (Å²) in [5.41, 5.74) is 4.83. The molecule has 3 aromatic carbocycles. The second-order valence-electron chi connectivity index (χ2n) is 7.03. The molecule has 0 aliphatic carbocycles. The van der Waals surface area contributed by atoms with Gasteiger partial charge in [-0.25, -0.2) is 0 Å². The van der Waals surface area contributed by atoms with Gasteiger partial charge in [-0.15, -0.1) is 0 Å². The smallest absolute Gasteiger partial charge is 0.241 e. The average molecular weight is 356 g/mol. The van der Waals surface area contributed by atoms with E-state index in [1.54, 1.807) is 0 Å². The van der Waals surface area contributed by atoms with Crippen molar-refractivity contribution in [2.45, 2.75) is 19.5 Å². The number of carbonyl (C=O) groups excluding carboxylic acids is 1. The molecule has 1 heterocycles. The van der Waals surface area contributed by atoms with E-state index in [9.17, 15) is 4.79 Å². The zero-order chi connectivity index (χ0) is 18.5. The Morgan fingerprint density at radius 2 is 1.44 bits per heavy atom. The van der Waals surface area contributed by atoms with Gasteiger partial charge in [0, 0.05) is 18.8 Å². The Hall–Kier alpha value is -2.91. The first kappa shape index (κ1) is 17.5. The highest BCUT2D eigenvalue weighted by molar-refractivity contribution is 5.94. The fraction of sp³-hybridized carbons (Fsp3) is 0.208. The van der Waals surface area contributed by atoms with Gasteiger partial charge >= 0.3 is 0 Å². The van der Waals surface area contributed by atoms with Gasteiger partial charge in [0.15, 0.2) is 0 Å². The van der Waals surface area contributed by atoms with Crippen molar-refractivity contribution in [2.75, 3.05) is 18.0 Å². The normalized spacial score (nSPS) is 13.8. The van der Waals surface area contributed by atoms with Crippen molar-refractivity contribution < 1.29 is 4.79 Å². The van der Waals surface area contributed by atoms with Crippen LogP contribution in [0.5, 0.6) is 0 Å². The lowest BCUT2D eigenvalue weighted by Gasteiger charge is -2.31. The van der Waals surface area contributed by atoms with Crippen LogP contribution in [-0.2, 0) is 24.3 Å². The summed E-state index contributed by atoms with van der Waals surface area (Å²) < 4.78 is 0. The Kier molecular flexibility index (Phi) is 5.31. The van der Waals surface area contributed by atoms with Gasteiger partial charge in [-0.05, 0) is 35.2 Å². The second-order valence-corrected chi connectivity index (χ2v) is 7.03. The van der Waals surface area contributed by atoms with E-state index in [2.05, 4.69) is 41.3 Å². The summed E-state index contributed by atoms with van der Waals surface area (Å²) in [5.74, 6) is 0.143. The molecule has 0 saturated heterocycles. The quantitative estimate of drug-likeness (QED) is 0.681. The second kappa shape index (κ2) is 8.19. The van der Waals surface area contributed by atoms with Crippen molar-refractivity contribution in [1.29, 1.82) is 0 Å². The van der Waals surface area contributed by atoms with Crippen LogP contribution < -0.4 is 4.90 Å². The summed E-state index contributed by atoms with van der Waals surface area (Å²) in [6, 6.07) is 28.7. The van der Waals surface area contributed by atoms with Gasteiger partial charge in [-0.1, -0.05) is 72.8 Å². The first-order valence-electron chi connectivity index (χ1n) is 9.48. The zero-order valence-electron chi connectivity index (χ0n) is 15.4. The number of rotatable bonds is 5. The maximum absolute atomic E-state index is 13.2. The molecule has 1 aliphatic rings. The van der Waals surface area contributed by atoms with Crippen LogP contribution in [0.3, 0.4) is 0 Å². The molecule has 0 unspecified atom stereocenters. The molecule has 0 spiro atoms. The van der Waals surface area contributed by atoms with Gasteiger partial charge in [-0.2, -0.15) is 0 Å². The predicted molar refractivity (Wildman–Crippen MR) is 109 cm³/mol. The third-order valence-electron chi connectivity index (χ3n) is 5.12. The van der Waals surface area contributed by atoms with E-state index in [4.69, 9.17) is 0 Å². The molecular weight excluding hydrogens is 332 g/mol. The lowest BCUT2D eigenvalue weighted by atomic mass is 10.00. The van der Waals surface area contributed by atoms with Gasteiger partial charge in [0.1, 0.15) is 0 Å². The minimum absolute atomic E-state index is 0.143. The molecule has 0 saturated carbocycles. The number of hydrogen-bond donors (Lipinski definition) is 0. The number of benzene rings is 3. The van der Waals surface area contributed by atoms with Crippen LogP contribution in [0.1, 0.15) is 16.7 Å². The molecular formula is C24H24N2O.